The maximum atomic E-state index is 12.9. The van der Waals surface area contributed by atoms with Crippen molar-refractivity contribution in [2.75, 3.05) is 5.32 Å². The Balaban J connectivity index is 1.89. The number of hydrogen-bond acceptors (Lipinski definition) is 3. The Morgan fingerprint density at radius 3 is 2.30 bits per heavy atom. The van der Waals surface area contributed by atoms with E-state index in [1.165, 1.54) is 0 Å². The highest BCUT2D eigenvalue weighted by atomic mass is 79.9. The first-order valence-electron chi connectivity index (χ1n) is 8.55. The van der Waals surface area contributed by atoms with Crippen LogP contribution in [0, 0.1) is 11.8 Å². The third-order valence-electron chi connectivity index (χ3n) is 4.61. The SMILES string of the molecule is O=C(c1ccccc1)c1cc(Br)ccc1NC(=O)[C@H]1CC=CC[C@@H]1C(=O)O. The van der Waals surface area contributed by atoms with Gasteiger partial charge in [0.05, 0.1) is 17.5 Å². The van der Waals surface area contributed by atoms with Crippen LogP contribution in [0.3, 0.4) is 0 Å². The molecule has 0 heterocycles. The van der Waals surface area contributed by atoms with Gasteiger partial charge in [0, 0.05) is 15.6 Å². The number of ketones is 1. The second-order valence-electron chi connectivity index (χ2n) is 6.37. The molecule has 0 bridgehead atoms. The first-order valence-corrected chi connectivity index (χ1v) is 9.34. The number of anilines is 1. The van der Waals surface area contributed by atoms with E-state index in [-0.39, 0.29) is 5.78 Å². The van der Waals surface area contributed by atoms with Crippen molar-refractivity contribution in [2.24, 2.45) is 11.8 Å². The molecule has 6 heteroatoms. The average molecular weight is 428 g/mol. The predicted molar refractivity (Wildman–Crippen MR) is 106 cm³/mol. The molecule has 27 heavy (non-hydrogen) atoms. The van der Waals surface area contributed by atoms with Crippen LogP contribution in [0.25, 0.3) is 0 Å². The Hall–Kier alpha value is -2.73. The van der Waals surface area contributed by atoms with Crippen molar-refractivity contribution in [3.63, 3.8) is 0 Å². The van der Waals surface area contributed by atoms with E-state index >= 15 is 0 Å². The van der Waals surface area contributed by atoms with Crippen molar-refractivity contribution in [3.05, 3.63) is 76.3 Å². The van der Waals surface area contributed by atoms with Crippen molar-refractivity contribution in [1.29, 1.82) is 0 Å². The topological polar surface area (TPSA) is 83.5 Å². The zero-order valence-electron chi connectivity index (χ0n) is 14.4. The summed E-state index contributed by atoms with van der Waals surface area (Å²) >= 11 is 3.36. The van der Waals surface area contributed by atoms with Crippen LogP contribution in [0.5, 0.6) is 0 Å². The van der Waals surface area contributed by atoms with Gasteiger partial charge in [-0.1, -0.05) is 58.4 Å². The number of halogens is 1. The molecular weight excluding hydrogens is 410 g/mol. The molecule has 2 atom stereocenters. The van der Waals surface area contributed by atoms with Crippen LogP contribution in [-0.4, -0.2) is 22.8 Å². The Morgan fingerprint density at radius 2 is 1.63 bits per heavy atom. The van der Waals surface area contributed by atoms with Crippen LogP contribution in [0.1, 0.15) is 28.8 Å². The molecule has 3 rings (SSSR count). The van der Waals surface area contributed by atoms with Gasteiger partial charge in [-0.05, 0) is 31.0 Å². The van der Waals surface area contributed by atoms with E-state index < -0.39 is 23.7 Å². The van der Waals surface area contributed by atoms with E-state index in [4.69, 9.17) is 0 Å². The molecule has 0 aromatic heterocycles. The maximum absolute atomic E-state index is 12.9. The number of carboxylic acids is 1. The summed E-state index contributed by atoms with van der Waals surface area (Å²) in [6, 6.07) is 13.8. The van der Waals surface area contributed by atoms with Gasteiger partial charge in [0.25, 0.3) is 0 Å². The van der Waals surface area contributed by atoms with E-state index in [9.17, 15) is 19.5 Å². The largest absolute Gasteiger partial charge is 0.481 e. The summed E-state index contributed by atoms with van der Waals surface area (Å²) in [5.41, 5.74) is 1.23. The number of carbonyl (C=O) groups excluding carboxylic acids is 2. The minimum Gasteiger partial charge on any atom is -0.481 e. The minimum atomic E-state index is -0.990. The first-order chi connectivity index (χ1) is 13.0. The molecule has 5 nitrogen and oxygen atoms in total. The van der Waals surface area contributed by atoms with Gasteiger partial charge >= 0.3 is 5.97 Å². The highest BCUT2D eigenvalue weighted by Gasteiger charge is 2.34. The number of hydrogen-bond donors (Lipinski definition) is 2. The Bertz CT molecular complexity index is 908. The minimum absolute atomic E-state index is 0.217. The molecule has 0 saturated carbocycles. The maximum Gasteiger partial charge on any atom is 0.307 e. The lowest BCUT2D eigenvalue weighted by atomic mass is 9.82. The number of rotatable bonds is 5. The number of aliphatic carboxylic acids is 1. The van der Waals surface area contributed by atoms with Crippen molar-refractivity contribution in [2.45, 2.75) is 12.8 Å². The van der Waals surface area contributed by atoms with Crippen molar-refractivity contribution < 1.29 is 19.5 Å². The van der Waals surface area contributed by atoms with Gasteiger partial charge in [0.1, 0.15) is 0 Å². The zero-order chi connectivity index (χ0) is 19.4. The van der Waals surface area contributed by atoms with Crippen LogP contribution in [-0.2, 0) is 9.59 Å². The second-order valence-corrected chi connectivity index (χ2v) is 7.28. The van der Waals surface area contributed by atoms with E-state index in [1.807, 2.05) is 12.1 Å². The molecule has 2 N–H and O–H groups in total. The molecule has 0 aliphatic heterocycles. The van der Waals surface area contributed by atoms with Crippen LogP contribution in [0.15, 0.2) is 65.2 Å². The van der Waals surface area contributed by atoms with Gasteiger partial charge in [-0.2, -0.15) is 0 Å². The molecular formula is C21H18BrNO4. The van der Waals surface area contributed by atoms with Crippen LogP contribution >= 0.6 is 15.9 Å². The van der Waals surface area contributed by atoms with Gasteiger partial charge in [-0.15, -0.1) is 0 Å². The molecule has 138 valence electrons. The number of benzene rings is 2. The lowest BCUT2D eigenvalue weighted by molar-refractivity contribution is -0.146. The Labute approximate surface area is 165 Å². The third-order valence-corrected chi connectivity index (χ3v) is 5.10. The lowest BCUT2D eigenvalue weighted by Gasteiger charge is -2.24. The summed E-state index contributed by atoms with van der Waals surface area (Å²) in [5, 5.41) is 12.1. The molecule has 0 saturated heterocycles. The van der Waals surface area contributed by atoms with E-state index in [0.29, 0.717) is 34.1 Å². The summed E-state index contributed by atoms with van der Waals surface area (Å²) in [5.74, 6) is -3.04. The summed E-state index contributed by atoms with van der Waals surface area (Å²) in [6.45, 7) is 0. The number of amides is 1. The first kappa shape index (κ1) is 19.0. The number of carboxylic acid groups (broad SMARTS) is 1. The van der Waals surface area contributed by atoms with Crippen molar-refractivity contribution in [3.8, 4) is 0 Å². The molecule has 1 aliphatic rings. The molecule has 2 aromatic carbocycles. The fourth-order valence-corrected chi connectivity index (χ4v) is 3.52. The molecule has 1 amide bonds. The number of nitrogens with one attached hydrogen (secondary N) is 1. The van der Waals surface area contributed by atoms with Crippen LogP contribution < -0.4 is 5.32 Å². The smallest absolute Gasteiger partial charge is 0.307 e. The van der Waals surface area contributed by atoms with Gasteiger partial charge in [-0.3, -0.25) is 14.4 Å². The fraction of sp³-hybridized carbons (Fsp3) is 0.190. The Morgan fingerprint density at radius 1 is 0.963 bits per heavy atom. The molecule has 0 unspecified atom stereocenters. The molecule has 0 radical (unpaired) electrons. The second kappa shape index (κ2) is 8.31. The summed E-state index contributed by atoms with van der Waals surface area (Å²) in [7, 11) is 0. The molecule has 0 spiro atoms. The molecule has 0 fully saturated rings. The van der Waals surface area contributed by atoms with Gasteiger partial charge in [-0.25, -0.2) is 0 Å². The summed E-state index contributed by atoms with van der Waals surface area (Å²) in [4.78, 5) is 37.1. The van der Waals surface area contributed by atoms with Crippen LogP contribution in [0.4, 0.5) is 5.69 Å². The van der Waals surface area contributed by atoms with Crippen molar-refractivity contribution in [1.82, 2.24) is 0 Å². The number of carbonyl (C=O) groups is 3. The third kappa shape index (κ3) is 4.34. The highest BCUT2D eigenvalue weighted by molar-refractivity contribution is 9.10. The predicted octanol–water partition coefficient (Wildman–Crippen LogP) is 4.29. The zero-order valence-corrected chi connectivity index (χ0v) is 16.0. The molecule has 1 aliphatic carbocycles. The van der Waals surface area contributed by atoms with Gasteiger partial charge < -0.3 is 10.4 Å². The quantitative estimate of drug-likeness (QED) is 0.550. The normalized spacial score (nSPS) is 18.7. The van der Waals surface area contributed by atoms with E-state index in [0.717, 1.165) is 0 Å². The van der Waals surface area contributed by atoms with Crippen molar-refractivity contribution >= 4 is 39.3 Å². The van der Waals surface area contributed by atoms with Gasteiger partial charge in [0.15, 0.2) is 5.78 Å². The van der Waals surface area contributed by atoms with E-state index in [2.05, 4.69) is 21.2 Å². The summed E-state index contributed by atoms with van der Waals surface area (Å²) in [6.07, 6.45) is 4.29. The molecule has 2 aromatic rings. The van der Waals surface area contributed by atoms with Gasteiger partial charge in [0.2, 0.25) is 5.91 Å². The van der Waals surface area contributed by atoms with E-state index in [1.54, 1.807) is 48.5 Å². The standard InChI is InChI=1S/C21H18BrNO4/c22-14-10-11-18(17(12-14)19(24)13-6-2-1-3-7-13)23-20(25)15-8-4-5-9-16(15)21(26)27/h1-7,10-12,15-16H,8-9H2,(H,23,25)(H,26,27)/t15-,16-/m0/s1. The average Bonchev–Trinajstić information content (AvgIpc) is 2.69. The van der Waals surface area contributed by atoms with Crippen LogP contribution in [0.2, 0.25) is 0 Å². The lowest BCUT2D eigenvalue weighted by Crippen LogP contribution is -2.35. The Kier molecular flexibility index (Phi) is 5.86. The number of allylic oxidation sites excluding steroid dienone is 2. The fourth-order valence-electron chi connectivity index (χ4n) is 3.16. The summed E-state index contributed by atoms with van der Waals surface area (Å²) < 4.78 is 0.712. The highest BCUT2D eigenvalue weighted by Crippen LogP contribution is 2.29. The monoisotopic (exact) mass is 427 g/mol.